The van der Waals surface area contributed by atoms with Crippen molar-refractivity contribution in [2.75, 3.05) is 33.2 Å². The van der Waals surface area contributed by atoms with Crippen molar-refractivity contribution in [3.63, 3.8) is 0 Å². The van der Waals surface area contributed by atoms with Gasteiger partial charge in [-0.3, -0.25) is 9.69 Å². The first-order valence-electron chi connectivity index (χ1n) is 9.64. The molecule has 1 saturated heterocycles. The number of hydrogen-bond donors (Lipinski definition) is 0. The van der Waals surface area contributed by atoms with Gasteiger partial charge in [-0.2, -0.15) is 0 Å². The molecule has 4 nitrogen and oxygen atoms in total. The van der Waals surface area contributed by atoms with Gasteiger partial charge in [0.05, 0.1) is 0 Å². The van der Waals surface area contributed by atoms with Crippen LogP contribution in [0.2, 0.25) is 0 Å². The van der Waals surface area contributed by atoms with Gasteiger partial charge >= 0.3 is 0 Å². The molecule has 0 bridgehead atoms. The van der Waals surface area contributed by atoms with Crippen molar-refractivity contribution >= 4 is 5.91 Å². The Kier molecular flexibility index (Phi) is 7.45. The topological polar surface area (TPSA) is 26.8 Å². The summed E-state index contributed by atoms with van der Waals surface area (Å²) in [5.41, 5.74) is 2.46. The molecule has 1 atom stereocenters. The van der Waals surface area contributed by atoms with Crippen LogP contribution in [0.1, 0.15) is 44.7 Å². The Morgan fingerprint density at radius 2 is 1.84 bits per heavy atom. The van der Waals surface area contributed by atoms with Crippen LogP contribution in [-0.4, -0.2) is 65.9 Å². The Morgan fingerprint density at radius 1 is 1.16 bits per heavy atom. The average Bonchev–Trinajstić information content (AvgIpc) is 2.57. The molecular weight excluding hydrogens is 310 g/mol. The first kappa shape index (κ1) is 19.9. The molecule has 1 amide bonds. The number of likely N-dealkylation sites (N-methyl/N-ethyl adjacent to an activating group) is 1. The number of nitrogens with zero attached hydrogens (tertiary/aromatic N) is 3. The van der Waals surface area contributed by atoms with Crippen molar-refractivity contribution < 1.29 is 4.79 Å². The third-order valence-electron chi connectivity index (χ3n) is 5.32. The molecule has 0 aliphatic carbocycles. The number of carbonyl (C=O) groups is 1. The summed E-state index contributed by atoms with van der Waals surface area (Å²) >= 11 is 0. The standard InChI is InChI=1S/C21H35N3O/c1-17(2)24(16-20-8-6-7-18(3)15-20)21(25)10-9-19(4)23-13-11-22(5)12-14-23/h6-8,15,17,19H,9-14,16H2,1-5H3/t19-/m1/s1. The van der Waals surface area contributed by atoms with E-state index in [0.29, 0.717) is 19.0 Å². The summed E-state index contributed by atoms with van der Waals surface area (Å²) in [6.45, 7) is 13.8. The van der Waals surface area contributed by atoms with Crippen LogP contribution in [0.4, 0.5) is 0 Å². The molecule has 0 spiro atoms. The summed E-state index contributed by atoms with van der Waals surface area (Å²) in [5, 5.41) is 0. The summed E-state index contributed by atoms with van der Waals surface area (Å²) in [6.07, 6.45) is 1.58. The van der Waals surface area contributed by atoms with Crippen LogP contribution in [-0.2, 0) is 11.3 Å². The summed E-state index contributed by atoms with van der Waals surface area (Å²) in [4.78, 5) is 19.7. The Bertz CT molecular complexity index is 550. The third-order valence-corrected chi connectivity index (χ3v) is 5.32. The van der Waals surface area contributed by atoms with Crippen molar-refractivity contribution in [1.82, 2.24) is 14.7 Å². The molecule has 1 aliphatic rings. The third kappa shape index (κ3) is 6.12. The number of piperazine rings is 1. The minimum absolute atomic E-state index is 0.229. The Balaban J connectivity index is 1.87. The highest BCUT2D eigenvalue weighted by Gasteiger charge is 2.22. The monoisotopic (exact) mass is 345 g/mol. The fourth-order valence-corrected chi connectivity index (χ4v) is 3.49. The van der Waals surface area contributed by atoms with Gasteiger partial charge in [-0.05, 0) is 46.7 Å². The lowest BCUT2D eigenvalue weighted by Gasteiger charge is -2.36. The molecule has 140 valence electrons. The summed E-state index contributed by atoms with van der Waals surface area (Å²) in [6, 6.07) is 9.17. The van der Waals surface area contributed by atoms with Gasteiger partial charge in [0.25, 0.3) is 0 Å². The highest BCUT2D eigenvalue weighted by Crippen LogP contribution is 2.15. The predicted molar refractivity (Wildman–Crippen MR) is 105 cm³/mol. The molecule has 1 aromatic rings. The zero-order chi connectivity index (χ0) is 18.4. The summed E-state index contributed by atoms with van der Waals surface area (Å²) in [5.74, 6) is 0.275. The van der Waals surface area contributed by atoms with E-state index >= 15 is 0 Å². The average molecular weight is 346 g/mol. The number of aryl methyl sites for hydroxylation is 1. The van der Waals surface area contributed by atoms with Gasteiger partial charge in [-0.25, -0.2) is 0 Å². The minimum atomic E-state index is 0.229. The van der Waals surface area contributed by atoms with Crippen LogP contribution in [0, 0.1) is 6.92 Å². The molecule has 1 fully saturated rings. The summed E-state index contributed by atoms with van der Waals surface area (Å²) < 4.78 is 0. The minimum Gasteiger partial charge on any atom is -0.336 e. The number of carbonyl (C=O) groups excluding carboxylic acids is 1. The van der Waals surface area contributed by atoms with Gasteiger partial charge in [0.1, 0.15) is 0 Å². The molecule has 2 rings (SSSR count). The predicted octanol–water partition coefficient (Wildman–Crippen LogP) is 3.15. The van der Waals surface area contributed by atoms with Crippen LogP contribution in [0.25, 0.3) is 0 Å². The van der Waals surface area contributed by atoms with Crippen molar-refractivity contribution in [3.05, 3.63) is 35.4 Å². The van der Waals surface area contributed by atoms with E-state index in [1.54, 1.807) is 0 Å². The quantitative estimate of drug-likeness (QED) is 0.759. The van der Waals surface area contributed by atoms with E-state index in [0.717, 1.165) is 32.6 Å². The van der Waals surface area contributed by atoms with E-state index < -0.39 is 0 Å². The molecule has 0 aromatic heterocycles. The second kappa shape index (κ2) is 9.35. The van der Waals surface area contributed by atoms with E-state index in [2.05, 4.69) is 68.8 Å². The molecule has 0 radical (unpaired) electrons. The van der Waals surface area contributed by atoms with Gasteiger partial charge in [0.2, 0.25) is 5.91 Å². The van der Waals surface area contributed by atoms with Crippen LogP contribution in [0.5, 0.6) is 0 Å². The Labute approximate surface area is 153 Å². The number of hydrogen-bond acceptors (Lipinski definition) is 3. The number of benzene rings is 1. The maximum atomic E-state index is 12.8. The van der Waals surface area contributed by atoms with Gasteiger partial charge in [-0.1, -0.05) is 29.8 Å². The lowest BCUT2D eigenvalue weighted by molar-refractivity contribution is -0.134. The maximum absolute atomic E-state index is 12.8. The SMILES string of the molecule is Cc1cccc(CN(C(=O)CC[C@@H](C)N2CCN(C)CC2)C(C)C)c1. The molecule has 1 heterocycles. The molecule has 25 heavy (non-hydrogen) atoms. The smallest absolute Gasteiger partial charge is 0.223 e. The molecule has 0 unspecified atom stereocenters. The molecule has 1 aromatic carbocycles. The number of rotatable bonds is 7. The second-order valence-electron chi connectivity index (χ2n) is 7.83. The van der Waals surface area contributed by atoms with E-state index in [1.165, 1.54) is 11.1 Å². The zero-order valence-electron chi connectivity index (χ0n) is 16.7. The molecule has 0 saturated carbocycles. The van der Waals surface area contributed by atoms with E-state index in [9.17, 15) is 4.79 Å². The van der Waals surface area contributed by atoms with Crippen molar-refractivity contribution in [2.45, 2.75) is 59.2 Å². The fraction of sp³-hybridized carbons (Fsp3) is 0.667. The van der Waals surface area contributed by atoms with Gasteiger partial charge in [0.15, 0.2) is 0 Å². The lowest BCUT2D eigenvalue weighted by Crippen LogP contribution is -2.48. The second-order valence-corrected chi connectivity index (χ2v) is 7.83. The van der Waals surface area contributed by atoms with E-state index in [1.807, 2.05) is 4.90 Å². The Hall–Kier alpha value is -1.39. The van der Waals surface area contributed by atoms with Crippen LogP contribution >= 0.6 is 0 Å². The first-order valence-corrected chi connectivity index (χ1v) is 9.64. The van der Waals surface area contributed by atoms with E-state index in [-0.39, 0.29) is 11.9 Å². The first-order chi connectivity index (χ1) is 11.9. The van der Waals surface area contributed by atoms with E-state index in [4.69, 9.17) is 0 Å². The highest BCUT2D eigenvalue weighted by molar-refractivity contribution is 5.76. The van der Waals surface area contributed by atoms with Crippen molar-refractivity contribution in [3.8, 4) is 0 Å². The normalized spacial score (nSPS) is 17.7. The van der Waals surface area contributed by atoms with Crippen LogP contribution < -0.4 is 0 Å². The number of amides is 1. The Morgan fingerprint density at radius 3 is 2.44 bits per heavy atom. The maximum Gasteiger partial charge on any atom is 0.223 e. The van der Waals surface area contributed by atoms with Gasteiger partial charge in [0, 0.05) is 51.2 Å². The van der Waals surface area contributed by atoms with Crippen molar-refractivity contribution in [1.29, 1.82) is 0 Å². The van der Waals surface area contributed by atoms with Crippen molar-refractivity contribution in [2.24, 2.45) is 0 Å². The van der Waals surface area contributed by atoms with Gasteiger partial charge in [-0.15, -0.1) is 0 Å². The molecule has 0 N–H and O–H groups in total. The summed E-state index contributed by atoms with van der Waals surface area (Å²) in [7, 11) is 2.18. The largest absolute Gasteiger partial charge is 0.336 e. The zero-order valence-corrected chi connectivity index (χ0v) is 16.7. The van der Waals surface area contributed by atoms with Crippen LogP contribution in [0.15, 0.2) is 24.3 Å². The molecule has 4 heteroatoms. The highest BCUT2D eigenvalue weighted by atomic mass is 16.2. The lowest BCUT2D eigenvalue weighted by atomic mass is 10.1. The fourth-order valence-electron chi connectivity index (χ4n) is 3.49. The molecule has 1 aliphatic heterocycles. The molecular formula is C21H35N3O. The van der Waals surface area contributed by atoms with Gasteiger partial charge < -0.3 is 9.80 Å². The van der Waals surface area contributed by atoms with Crippen LogP contribution in [0.3, 0.4) is 0 Å².